The number of carbonyl (C=O) groups is 1. The Bertz CT molecular complexity index is 641. The lowest BCUT2D eigenvalue weighted by Crippen LogP contribution is -2.30. The minimum atomic E-state index is -4.57. The van der Waals surface area contributed by atoms with E-state index in [1.165, 1.54) is 18.2 Å². The Kier molecular flexibility index (Phi) is 4.80. The van der Waals surface area contributed by atoms with Gasteiger partial charge in [0.15, 0.2) is 0 Å². The highest BCUT2D eigenvalue weighted by molar-refractivity contribution is 5.96. The largest absolute Gasteiger partial charge is 0.417 e. The van der Waals surface area contributed by atoms with Crippen LogP contribution in [0, 0.1) is 0 Å². The van der Waals surface area contributed by atoms with Crippen LogP contribution in [-0.4, -0.2) is 10.9 Å². The van der Waals surface area contributed by atoms with Crippen LogP contribution in [0.15, 0.2) is 48.7 Å². The standard InChI is InChI=1S/C16H15F3N2O/c1-2-13(14-9-5-6-10-20-14)21-15(22)11-7-3-4-8-12(11)16(17,18)19/h3-10,13H,2H2,1H3,(H,21,22)/t13-/m0/s1. The van der Waals surface area contributed by atoms with Crippen LogP contribution in [0.3, 0.4) is 0 Å². The molecule has 0 saturated heterocycles. The van der Waals surface area contributed by atoms with Crippen LogP contribution in [0.5, 0.6) is 0 Å². The summed E-state index contributed by atoms with van der Waals surface area (Å²) in [6.45, 7) is 1.83. The number of nitrogens with zero attached hydrogens (tertiary/aromatic N) is 1. The van der Waals surface area contributed by atoms with Gasteiger partial charge in [-0.2, -0.15) is 13.2 Å². The topological polar surface area (TPSA) is 42.0 Å². The Morgan fingerprint density at radius 1 is 1.18 bits per heavy atom. The van der Waals surface area contributed by atoms with Crippen molar-refractivity contribution in [3.05, 3.63) is 65.5 Å². The molecule has 1 aromatic carbocycles. The van der Waals surface area contributed by atoms with Gasteiger partial charge in [-0.15, -0.1) is 0 Å². The molecular formula is C16H15F3N2O. The zero-order valence-corrected chi connectivity index (χ0v) is 11.9. The minimum Gasteiger partial charge on any atom is -0.344 e. The van der Waals surface area contributed by atoms with Gasteiger partial charge >= 0.3 is 6.18 Å². The van der Waals surface area contributed by atoms with Crippen LogP contribution in [0.1, 0.15) is 41.0 Å². The molecule has 0 radical (unpaired) electrons. The van der Waals surface area contributed by atoms with E-state index in [2.05, 4.69) is 10.3 Å². The summed E-state index contributed by atoms with van der Waals surface area (Å²) in [7, 11) is 0. The molecule has 1 atom stereocenters. The fraction of sp³-hybridized carbons (Fsp3) is 0.250. The molecule has 0 saturated carbocycles. The fourth-order valence-corrected chi connectivity index (χ4v) is 2.13. The predicted molar refractivity (Wildman–Crippen MR) is 76.2 cm³/mol. The first-order valence-corrected chi connectivity index (χ1v) is 6.81. The van der Waals surface area contributed by atoms with Gasteiger partial charge in [-0.05, 0) is 30.7 Å². The summed E-state index contributed by atoms with van der Waals surface area (Å²) in [6.07, 6.45) is -2.47. The summed E-state index contributed by atoms with van der Waals surface area (Å²) >= 11 is 0. The maximum atomic E-state index is 13.0. The number of carbonyl (C=O) groups excluding carboxylic acids is 1. The number of amides is 1. The van der Waals surface area contributed by atoms with Crippen molar-refractivity contribution in [1.82, 2.24) is 10.3 Å². The summed E-state index contributed by atoms with van der Waals surface area (Å²) in [6, 6.07) is 9.53. The number of pyridine rings is 1. The molecule has 0 aliphatic rings. The zero-order valence-electron chi connectivity index (χ0n) is 11.9. The van der Waals surface area contributed by atoms with Gasteiger partial charge in [-0.3, -0.25) is 9.78 Å². The van der Waals surface area contributed by atoms with Crippen molar-refractivity contribution >= 4 is 5.91 Å². The molecule has 0 bridgehead atoms. The number of hydrogen-bond acceptors (Lipinski definition) is 2. The molecule has 0 aliphatic carbocycles. The van der Waals surface area contributed by atoms with Crippen molar-refractivity contribution in [2.75, 3.05) is 0 Å². The molecular weight excluding hydrogens is 293 g/mol. The van der Waals surface area contributed by atoms with E-state index >= 15 is 0 Å². The van der Waals surface area contributed by atoms with Gasteiger partial charge in [0.05, 0.1) is 22.9 Å². The molecule has 22 heavy (non-hydrogen) atoms. The minimum absolute atomic E-state index is 0.385. The van der Waals surface area contributed by atoms with E-state index in [9.17, 15) is 18.0 Å². The van der Waals surface area contributed by atoms with Crippen LogP contribution < -0.4 is 5.32 Å². The van der Waals surface area contributed by atoms with Gasteiger partial charge in [-0.25, -0.2) is 0 Å². The molecule has 3 nitrogen and oxygen atoms in total. The van der Waals surface area contributed by atoms with Gasteiger partial charge in [0.2, 0.25) is 0 Å². The van der Waals surface area contributed by atoms with E-state index < -0.39 is 23.7 Å². The highest BCUT2D eigenvalue weighted by Gasteiger charge is 2.35. The van der Waals surface area contributed by atoms with Gasteiger partial charge < -0.3 is 5.32 Å². The monoisotopic (exact) mass is 308 g/mol. The molecule has 0 fully saturated rings. The van der Waals surface area contributed by atoms with Gasteiger partial charge in [0, 0.05) is 6.20 Å². The third-order valence-corrected chi connectivity index (χ3v) is 3.24. The first-order valence-electron chi connectivity index (χ1n) is 6.81. The second-order valence-corrected chi connectivity index (χ2v) is 4.73. The average molecular weight is 308 g/mol. The summed E-state index contributed by atoms with van der Waals surface area (Å²) in [5, 5.41) is 2.61. The van der Waals surface area contributed by atoms with E-state index in [-0.39, 0.29) is 5.56 Å². The molecule has 6 heteroatoms. The molecule has 116 valence electrons. The number of hydrogen-bond donors (Lipinski definition) is 1. The van der Waals surface area contributed by atoms with Crippen LogP contribution in [-0.2, 0) is 6.18 Å². The van der Waals surface area contributed by atoms with E-state index in [0.29, 0.717) is 12.1 Å². The summed E-state index contributed by atoms with van der Waals surface area (Å²) < 4.78 is 38.9. The van der Waals surface area contributed by atoms with Gasteiger partial charge in [0.1, 0.15) is 0 Å². The van der Waals surface area contributed by atoms with Crippen molar-refractivity contribution in [2.24, 2.45) is 0 Å². The van der Waals surface area contributed by atoms with Crippen molar-refractivity contribution in [3.8, 4) is 0 Å². The van der Waals surface area contributed by atoms with E-state index in [1.807, 2.05) is 6.92 Å². The molecule has 0 spiro atoms. The van der Waals surface area contributed by atoms with E-state index in [4.69, 9.17) is 0 Å². The lowest BCUT2D eigenvalue weighted by molar-refractivity contribution is -0.137. The molecule has 0 aliphatic heterocycles. The molecule has 1 aromatic heterocycles. The Morgan fingerprint density at radius 3 is 2.45 bits per heavy atom. The second kappa shape index (κ2) is 6.60. The zero-order chi connectivity index (χ0) is 16.2. The van der Waals surface area contributed by atoms with Crippen molar-refractivity contribution in [3.63, 3.8) is 0 Å². The number of aromatic nitrogens is 1. The molecule has 1 heterocycles. The first kappa shape index (κ1) is 16.0. The van der Waals surface area contributed by atoms with Crippen LogP contribution in [0.25, 0.3) is 0 Å². The van der Waals surface area contributed by atoms with Gasteiger partial charge in [0.25, 0.3) is 5.91 Å². The Labute approximate surface area is 126 Å². The Morgan fingerprint density at radius 2 is 1.86 bits per heavy atom. The lowest BCUT2D eigenvalue weighted by Gasteiger charge is -2.18. The molecule has 0 unspecified atom stereocenters. The second-order valence-electron chi connectivity index (χ2n) is 4.73. The number of halogens is 3. The highest BCUT2D eigenvalue weighted by atomic mass is 19.4. The maximum Gasteiger partial charge on any atom is 0.417 e. The van der Waals surface area contributed by atoms with E-state index in [1.54, 1.807) is 24.4 Å². The summed E-state index contributed by atoms with van der Waals surface area (Å²) in [4.78, 5) is 16.3. The van der Waals surface area contributed by atoms with Gasteiger partial charge in [-0.1, -0.05) is 25.1 Å². The average Bonchev–Trinajstić information content (AvgIpc) is 2.52. The predicted octanol–water partition coefficient (Wildman–Crippen LogP) is 3.98. The number of benzene rings is 1. The number of nitrogens with one attached hydrogen (secondary N) is 1. The molecule has 1 N–H and O–H groups in total. The number of rotatable bonds is 4. The fourth-order valence-electron chi connectivity index (χ4n) is 2.13. The number of alkyl halides is 3. The van der Waals surface area contributed by atoms with Crippen molar-refractivity contribution in [2.45, 2.75) is 25.6 Å². The van der Waals surface area contributed by atoms with E-state index in [0.717, 1.165) is 6.07 Å². The smallest absolute Gasteiger partial charge is 0.344 e. The van der Waals surface area contributed by atoms with Crippen molar-refractivity contribution in [1.29, 1.82) is 0 Å². The Balaban J connectivity index is 2.26. The first-order chi connectivity index (χ1) is 10.4. The third-order valence-electron chi connectivity index (χ3n) is 3.24. The molecule has 1 amide bonds. The van der Waals surface area contributed by atoms with Crippen molar-refractivity contribution < 1.29 is 18.0 Å². The SMILES string of the molecule is CC[C@H](NC(=O)c1ccccc1C(F)(F)F)c1ccccn1. The molecule has 2 rings (SSSR count). The quantitative estimate of drug-likeness (QED) is 0.928. The Hall–Kier alpha value is -2.37. The normalized spacial score (nSPS) is 12.7. The molecule has 2 aromatic rings. The van der Waals surface area contributed by atoms with Crippen LogP contribution in [0.2, 0.25) is 0 Å². The summed E-state index contributed by atoms with van der Waals surface area (Å²) in [5.74, 6) is -0.759. The third kappa shape index (κ3) is 3.63. The van der Waals surface area contributed by atoms with Crippen LogP contribution >= 0.6 is 0 Å². The van der Waals surface area contributed by atoms with Crippen LogP contribution in [0.4, 0.5) is 13.2 Å². The maximum absolute atomic E-state index is 13.0. The summed E-state index contributed by atoms with van der Waals surface area (Å²) in [5.41, 5.74) is -0.712. The highest BCUT2D eigenvalue weighted by Crippen LogP contribution is 2.32. The lowest BCUT2D eigenvalue weighted by atomic mass is 10.0.